The lowest BCUT2D eigenvalue weighted by Gasteiger charge is -2.15. The number of halogens is 3. The first-order valence-electron chi connectivity index (χ1n) is 7.58. The minimum atomic E-state index is -0.746. The third kappa shape index (κ3) is 4.82. The SMILES string of the molecule is COc1cc(C(=O)Nc2cc(F)ccc2F)cc(Cl)c1OCC(C)C. The van der Waals surface area contributed by atoms with E-state index in [4.69, 9.17) is 21.1 Å². The van der Waals surface area contributed by atoms with E-state index in [0.717, 1.165) is 18.2 Å². The number of carbonyl (C=O) groups is 1. The van der Waals surface area contributed by atoms with E-state index in [0.29, 0.717) is 12.4 Å². The van der Waals surface area contributed by atoms with Gasteiger partial charge in [0, 0.05) is 11.6 Å². The number of anilines is 1. The molecule has 4 nitrogen and oxygen atoms in total. The number of rotatable bonds is 6. The first kappa shape index (κ1) is 19.0. The van der Waals surface area contributed by atoms with Crippen LogP contribution in [0.15, 0.2) is 30.3 Å². The standard InChI is InChI=1S/C18H18ClF2NO3/c1-10(2)9-25-17-13(19)6-11(7-16(17)24-3)18(23)22-15-8-12(20)4-5-14(15)21/h4-8,10H,9H2,1-3H3,(H,22,23). The quantitative estimate of drug-likeness (QED) is 0.786. The molecule has 0 heterocycles. The summed E-state index contributed by atoms with van der Waals surface area (Å²) in [6, 6.07) is 5.60. The van der Waals surface area contributed by atoms with Crippen LogP contribution in [0.25, 0.3) is 0 Å². The van der Waals surface area contributed by atoms with E-state index in [9.17, 15) is 13.6 Å². The Balaban J connectivity index is 2.28. The number of amides is 1. The Morgan fingerprint density at radius 2 is 1.96 bits per heavy atom. The number of hydrogen-bond acceptors (Lipinski definition) is 3. The van der Waals surface area contributed by atoms with Crippen molar-refractivity contribution in [1.82, 2.24) is 0 Å². The van der Waals surface area contributed by atoms with Crippen molar-refractivity contribution in [2.45, 2.75) is 13.8 Å². The van der Waals surface area contributed by atoms with Gasteiger partial charge in [0.25, 0.3) is 5.91 Å². The fraction of sp³-hybridized carbons (Fsp3) is 0.278. The molecule has 0 atom stereocenters. The summed E-state index contributed by atoms with van der Waals surface area (Å²) in [6.45, 7) is 4.39. The van der Waals surface area contributed by atoms with Crippen LogP contribution in [-0.2, 0) is 0 Å². The molecule has 0 saturated heterocycles. The first-order valence-corrected chi connectivity index (χ1v) is 7.96. The van der Waals surface area contributed by atoms with Crippen LogP contribution in [0.2, 0.25) is 5.02 Å². The summed E-state index contributed by atoms with van der Waals surface area (Å²) in [5, 5.41) is 2.49. The average Bonchev–Trinajstić information content (AvgIpc) is 2.56. The molecule has 0 aliphatic rings. The summed E-state index contributed by atoms with van der Waals surface area (Å²) in [4.78, 5) is 12.3. The van der Waals surface area contributed by atoms with Gasteiger partial charge in [0.1, 0.15) is 11.6 Å². The molecule has 134 valence electrons. The van der Waals surface area contributed by atoms with Crippen molar-refractivity contribution in [2.24, 2.45) is 5.92 Å². The van der Waals surface area contributed by atoms with Crippen molar-refractivity contribution < 1.29 is 23.0 Å². The number of hydrogen-bond donors (Lipinski definition) is 1. The van der Waals surface area contributed by atoms with Crippen molar-refractivity contribution >= 4 is 23.2 Å². The number of ether oxygens (including phenoxy) is 2. The van der Waals surface area contributed by atoms with Gasteiger partial charge in [-0.15, -0.1) is 0 Å². The van der Waals surface area contributed by atoms with Crippen LogP contribution in [0.1, 0.15) is 24.2 Å². The third-order valence-corrected chi connectivity index (χ3v) is 3.51. The lowest BCUT2D eigenvalue weighted by molar-refractivity contribution is 0.102. The minimum absolute atomic E-state index is 0.127. The van der Waals surface area contributed by atoms with Crippen LogP contribution < -0.4 is 14.8 Å². The highest BCUT2D eigenvalue weighted by Gasteiger charge is 2.17. The van der Waals surface area contributed by atoms with Gasteiger partial charge < -0.3 is 14.8 Å². The summed E-state index contributed by atoms with van der Waals surface area (Å²) in [5.74, 6) is -1.18. The molecule has 2 aromatic carbocycles. The Bertz CT molecular complexity index is 781. The van der Waals surface area contributed by atoms with Gasteiger partial charge in [0.2, 0.25) is 0 Å². The average molecular weight is 370 g/mol. The third-order valence-electron chi connectivity index (χ3n) is 3.23. The van der Waals surface area contributed by atoms with E-state index in [1.807, 2.05) is 13.8 Å². The van der Waals surface area contributed by atoms with E-state index < -0.39 is 17.5 Å². The molecule has 0 spiro atoms. The van der Waals surface area contributed by atoms with Crippen molar-refractivity contribution in [1.29, 1.82) is 0 Å². The molecule has 7 heteroatoms. The Labute approximate surface area is 149 Å². The highest BCUT2D eigenvalue weighted by molar-refractivity contribution is 6.32. The Morgan fingerprint density at radius 1 is 1.24 bits per heavy atom. The van der Waals surface area contributed by atoms with Gasteiger partial charge in [0.15, 0.2) is 11.5 Å². The Kier molecular flexibility index (Phi) is 6.20. The van der Waals surface area contributed by atoms with Crippen LogP contribution in [0.4, 0.5) is 14.5 Å². The summed E-state index contributed by atoms with van der Waals surface area (Å²) < 4.78 is 37.7. The second kappa shape index (κ2) is 8.16. The first-order chi connectivity index (χ1) is 11.8. The largest absolute Gasteiger partial charge is 0.493 e. The van der Waals surface area contributed by atoms with Crippen molar-refractivity contribution in [3.63, 3.8) is 0 Å². The predicted molar refractivity (Wildman–Crippen MR) is 92.6 cm³/mol. The molecular weight excluding hydrogens is 352 g/mol. The van der Waals surface area contributed by atoms with Gasteiger partial charge in [-0.05, 0) is 30.2 Å². The van der Waals surface area contributed by atoms with Crippen molar-refractivity contribution in [3.8, 4) is 11.5 Å². The summed E-state index contributed by atoms with van der Waals surface area (Å²) in [6.07, 6.45) is 0. The van der Waals surface area contributed by atoms with Crippen LogP contribution in [-0.4, -0.2) is 19.6 Å². The zero-order valence-corrected chi connectivity index (χ0v) is 14.8. The molecule has 0 bridgehead atoms. The normalized spacial score (nSPS) is 10.7. The highest BCUT2D eigenvalue weighted by atomic mass is 35.5. The van der Waals surface area contributed by atoms with Crippen LogP contribution in [0.3, 0.4) is 0 Å². The van der Waals surface area contributed by atoms with E-state index in [2.05, 4.69) is 5.32 Å². The zero-order chi connectivity index (χ0) is 18.6. The summed E-state index contributed by atoms with van der Waals surface area (Å²) >= 11 is 6.18. The Hall–Kier alpha value is -2.34. The molecule has 0 unspecified atom stereocenters. The smallest absolute Gasteiger partial charge is 0.255 e. The molecule has 0 saturated carbocycles. The minimum Gasteiger partial charge on any atom is -0.493 e. The van der Waals surface area contributed by atoms with Gasteiger partial charge in [-0.3, -0.25) is 4.79 Å². The van der Waals surface area contributed by atoms with Crippen LogP contribution in [0, 0.1) is 17.6 Å². The molecule has 1 amide bonds. The zero-order valence-electron chi connectivity index (χ0n) is 14.0. The molecule has 25 heavy (non-hydrogen) atoms. The number of nitrogens with one attached hydrogen (secondary N) is 1. The maximum Gasteiger partial charge on any atom is 0.255 e. The van der Waals surface area contributed by atoms with E-state index in [1.165, 1.54) is 19.2 Å². The molecule has 0 fully saturated rings. The van der Waals surface area contributed by atoms with Crippen molar-refractivity contribution in [3.05, 3.63) is 52.6 Å². The molecule has 0 aromatic heterocycles. The highest BCUT2D eigenvalue weighted by Crippen LogP contribution is 2.37. The molecule has 2 aromatic rings. The number of carbonyl (C=O) groups excluding carboxylic acids is 1. The number of benzene rings is 2. The topological polar surface area (TPSA) is 47.6 Å². The van der Waals surface area contributed by atoms with E-state index in [-0.39, 0.29) is 27.9 Å². The van der Waals surface area contributed by atoms with Gasteiger partial charge in [-0.1, -0.05) is 25.4 Å². The molecule has 0 aliphatic heterocycles. The van der Waals surface area contributed by atoms with E-state index >= 15 is 0 Å². The fourth-order valence-electron chi connectivity index (χ4n) is 2.03. The monoisotopic (exact) mass is 369 g/mol. The predicted octanol–water partition coefficient (Wildman–Crippen LogP) is 4.91. The lowest BCUT2D eigenvalue weighted by Crippen LogP contribution is -2.14. The lowest BCUT2D eigenvalue weighted by atomic mass is 10.1. The molecular formula is C18H18ClF2NO3. The number of methoxy groups -OCH3 is 1. The van der Waals surface area contributed by atoms with Crippen molar-refractivity contribution in [2.75, 3.05) is 19.0 Å². The van der Waals surface area contributed by atoms with Crippen LogP contribution >= 0.6 is 11.6 Å². The fourth-order valence-corrected chi connectivity index (χ4v) is 2.29. The summed E-state index contributed by atoms with van der Waals surface area (Å²) in [5.41, 5.74) is -0.136. The molecule has 2 rings (SSSR count). The van der Waals surface area contributed by atoms with Crippen LogP contribution in [0.5, 0.6) is 11.5 Å². The van der Waals surface area contributed by atoms with Gasteiger partial charge in [-0.25, -0.2) is 8.78 Å². The maximum atomic E-state index is 13.7. The molecule has 0 aliphatic carbocycles. The van der Waals surface area contributed by atoms with Gasteiger partial charge in [-0.2, -0.15) is 0 Å². The van der Waals surface area contributed by atoms with Gasteiger partial charge >= 0.3 is 0 Å². The Morgan fingerprint density at radius 3 is 2.60 bits per heavy atom. The molecule has 1 N–H and O–H groups in total. The summed E-state index contributed by atoms with van der Waals surface area (Å²) in [7, 11) is 1.42. The molecule has 0 radical (unpaired) electrons. The van der Waals surface area contributed by atoms with E-state index in [1.54, 1.807) is 0 Å². The maximum absolute atomic E-state index is 13.7. The van der Waals surface area contributed by atoms with Gasteiger partial charge in [0.05, 0.1) is 24.4 Å². The second-order valence-corrected chi connectivity index (χ2v) is 6.18. The second-order valence-electron chi connectivity index (χ2n) is 5.77.